The van der Waals surface area contributed by atoms with E-state index >= 15 is 0 Å². The second kappa shape index (κ2) is 13.9. The SMILES string of the molecule is CCOC(=O)N1CCN(c2cc(-c3ccc(NC(=O)Nc4ccc(OC(F)(F)F)cc4)cc3)cc3sc(N4CCOCC4)nc23)CC1. The normalized spacial score (nSPS) is 15.4. The Bertz CT molecular complexity index is 1700. The molecule has 0 atom stereocenters. The zero-order chi connectivity index (χ0) is 33.0. The zero-order valence-electron chi connectivity index (χ0n) is 25.5. The number of nitrogens with one attached hydrogen (secondary N) is 2. The van der Waals surface area contributed by atoms with Crippen molar-refractivity contribution in [3.63, 3.8) is 0 Å². The molecule has 6 rings (SSSR count). The molecule has 2 saturated heterocycles. The molecule has 3 aromatic carbocycles. The fourth-order valence-electron chi connectivity index (χ4n) is 5.42. The number of rotatable bonds is 7. The molecule has 0 saturated carbocycles. The van der Waals surface area contributed by atoms with Gasteiger partial charge < -0.3 is 39.5 Å². The van der Waals surface area contributed by atoms with Crippen molar-refractivity contribution in [3.05, 3.63) is 60.7 Å². The van der Waals surface area contributed by atoms with Crippen molar-refractivity contribution in [1.29, 1.82) is 0 Å². The second-order valence-corrected chi connectivity index (χ2v) is 11.8. The third-order valence-corrected chi connectivity index (χ3v) is 8.78. The number of morpholine rings is 1. The van der Waals surface area contributed by atoms with E-state index in [0.29, 0.717) is 57.4 Å². The van der Waals surface area contributed by atoms with E-state index in [2.05, 4.69) is 37.3 Å². The summed E-state index contributed by atoms with van der Waals surface area (Å²) >= 11 is 1.64. The number of fused-ring (bicyclic) bond motifs is 1. The minimum absolute atomic E-state index is 0.301. The number of halogens is 3. The van der Waals surface area contributed by atoms with Crippen LogP contribution in [0.2, 0.25) is 0 Å². The number of benzene rings is 3. The zero-order valence-corrected chi connectivity index (χ0v) is 26.3. The summed E-state index contributed by atoms with van der Waals surface area (Å²) < 4.78 is 52.9. The van der Waals surface area contributed by atoms with Gasteiger partial charge in [-0.15, -0.1) is 13.2 Å². The van der Waals surface area contributed by atoms with Gasteiger partial charge in [-0.25, -0.2) is 14.6 Å². The Morgan fingerprint density at radius 3 is 2.13 bits per heavy atom. The van der Waals surface area contributed by atoms with Gasteiger partial charge in [0.1, 0.15) is 11.3 Å². The topological polar surface area (TPSA) is 108 Å². The first-order valence-corrected chi connectivity index (χ1v) is 15.9. The molecule has 2 aliphatic rings. The minimum Gasteiger partial charge on any atom is -0.450 e. The van der Waals surface area contributed by atoms with Gasteiger partial charge in [0, 0.05) is 50.6 Å². The van der Waals surface area contributed by atoms with Gasteiger partial charge in [0.2, 0.25) is 0 Å². The van der Waals surface area contributed by atoms with E-state index in [4.69, 9.17) is 14.5 Å². The molecule has 248 valence electrons. The first-order chi connectivity index (χ1) is 22.6. The summed E-state index contributed by atoms with van der Waals surface area (Å²) in [6, 6.07) is 15.9. The van der Waals surface area contributed by atoms with E-state index in [1.165, 1.54) is 12.1 Å². The number of hydrogen-bond donors (Lipinski definition) is 2. The van der Waals surface area contributed by atoms with Gasteiger partial charge in [-0.2, -0.15) is 0 Å². The molecule has 0 bridgehead atoms. The molecule has 0 unspecified atom stereocenters. The Morgan fingerprint density at radius 2 is 1.51 bits per heavy atom. The van der Waals surface area contributed by atoms with E-state index in [-0.39, 0.29) is 11.8 Å². The average molecular weight is 671 g/mol. The second-order valence-electron chi connectivity index (χ2n) is 10.8. The molecule has 4 aromatic rings. The van der Waals surface area contributed by atoms with Crippen molar-refractivity contribution in [3.8, 4) is 16.9 Å². The largest absolute Gasteiger partial charge is 0.573 e. The summed E-state index contributed by atoms with van der Waals surface area (Å²) in [5, 5.41) is 6.28. The number of aromatic nitrogens is 1. The molecule has 0 spiro atoms. The molecular formula is C32H33F3N6O5S. The number of hydrogen-bond acceptors (Lipinski definition) is 9. The van der Waals surface area contributed by atoms with Crippen molar-refractivity contribution in [2.24, 2.45) is 0 Å². The minimum atomic E-state index is -4.79. The first-order valence-electron chi connectivity index (χ1n) is 15.1. The number of thiazole rings is 1. The number of carbonyl (C=O) groups is 2. The molecule has 0 radical (unpaired) electrons. The summed E-state index contributed by atoms with van der Waals surface area (Å²) in [6.07, 6.45) is -5.09. The van der Waals surface area contributed by atoms with Crippen LogP contribution in [0.25, 0.3) is 21.3 Å². The smallest absolute Gasteiger partial charge is 0.450 e. The predicted octanol–water partition coefficient (Wildman–Crippen LogP) is 6.62. The van der Waals surface area contributed by atoms with Crippen LogP contribution in [0.1, 0.15) is 6.92 Å². The third kappa shape index (κ3) is 7.97. The summed E-state index contributed by atoms with van der Waals surface area (Å²) in [5.74, 6) is -0.380. The lowest BCUT2D eigenvalue weighted by Crippen LogP contribution is -2.49. The first kappa shape index (κ1) is 32.2. The Morgan fingerprint density at radius 1 is 0.872 bits per heavy atom. The van der Waals surface area contributed by atoms with Crippen LogP contribution < -0.4 is 25.2 Å². The van der Waals surface area contributed by atoms with E-state index in [9.17, 15) is 22.8 Å². The highest BCUT2D eigenvalue weighted by Gasteiger charge is 2.31. The summed E-state index contributed by atoms with van der Waals surface area (Å²) in [4.78, 5) is 36.1. The number of alkyl halides is 3. The van der Waals surface area contributed by atoms with Crippen molar-refractivity contribution in [1.82, 2.24) is 9.88 Å². The monoisotopic (exact) mass is 670 g/mol. The quantitative estimate of drug-likeness (QED) is 0.226. The molecule has 2 N–H and O–H groups in total. The van der Waals surface area contributed by atoms with Crippen LogP contribution in [0.3, 0.4) is 0 Å². The van der Waals surface area contributed by atoms with Gasteiger partial charge in [0.05, 0.1) is 30.2 Å². The number of nitrogens with zero attached hydrogens (tertiary/aromatic N) is 4. The van der Waals surface area contributed by atoms with Crippen LogP contribution in [-0.2, 0) is 9.47 Å². The van der Waals surface area contributed by atoms with Crippen LogP contribution in [0, 0.1) is 0 Å². The van der Waals surface area contributed by atoms with Gasteiger partial charge in [-0.1, -0.05) is 23.5 Å². The highest BCUT2D eigenvalue weighted by molar-refractivity contribution is 7.22. The lowest BCUT2D eigenvalue weighted by atomic mass is 10.0. The van der Waals surface area contributed by atoms with E-state index in [1.54, 1.807) is 35.3 Å². The number of piperazine rings is 1. The molecular weight excluding hydrogens is 637 g/mol. The molecule has 2 aliphatic heterocycles. The molecule has 3 heterocycles. The molecule has 3 amide bonds. The number of amides is 3. The number of urea groups is 1. The number of carbonyl (C=O) groups excluding carboxylic acids is 2. The van der Waals surface area contributed by atoms with Crippen LogP contribution in [0.15, 0.2) is 60.7 Å². The summed E-state index contributed by atoms with van der Waals surface area (Å²) in [7, 11) is 0. The van der Waals surface area contributed by atoms with Crippen LogP contribution in [0.4, 0.5) is 45.0 Å². The molecule has 11 nitrogen and oxygen atoms in total. The van der Waals surface area contributed by atoms with Gasteiger partial charge in [0.15, 0.2) is 5.13 Å². The summed E-state index contributed by atoms with van der Waals surface area (Å²) in [6.45, 7) is 7.36. The Hall–Kier alpha value is -4.76. The molecule has 1 aromatic heterocycles. The van der Waals surface area contributed by atoms with Crippen LogP contribution >= 0.6 is 11.3 Å². The van der Waals surface area contributed by atoms with Gasteiger partial charge in [-0.05, 0) is 66.6 Å². The van der Waals surface area contributed by atoms with E-state index < -0.39 is 12.4 Å². The lowest BCUT2D eigenvalue weighted by Gasteiger charge is -2.35. The van der Waals surface area contributed by atoms with E-state index in [0.717, 1.165) is 57.4 Å². The fraction of sp³-hybridized carbons (Fsp3) is 0.344. The van der Waals surface area contributed by atoms with Gasteiger partial charge >= 0.3 is 18.5 Å². The van der Waals surface area contributed by atoms with Crippen molar-refractivity contribution < 1.29 is 37.0 Å². The number of ether oxygens (including phenoxy) is 3. The molecule has 15 heteroatoms. The Labute approximate surface area is 272 Å². The molecule has 0 aliphatic carbocycles. The fourth-order valence-corrected chi connectivity index (χ4v) is 6.50. The Kier molecular flexibility index (Phi) is 9.54. The standard InChI is InChI=1S/C32H33F3N6O5S/c1-2-45-31(43)41-13-11-39(12-14-41)26-19-22(20-27-28(26)38-30(47-27)40-15-17-44-18-16-40)21-3-5-23(6-4-21)36-29(42)37-24-7-9-25(10-8-24)46-32(33,34)35/h3-10,19-20H,2,11-18H2,1H3,(H2,36,37,42). The highest BCUT2D eigenvalue weighted by atomic mass is 32.1. The van der Waals surface area contributed by atoms with Crippen LogP contribution in [-0.4, -0.2) is 87.5 Å². The van der Waals surface area contributed by atoms with Gasteiger partial charge in [0.25, 0.3) is 0 Å². The van der Waals surface area contributed by atoms with Gasteiger partial charge in [-0.3, -0.25) is 0 Å². The summed E-state index contributed by atoms with van der Waals surface area (Å²) in [5.41, 5.74) is 4.66. The third-order valence-electron chi connectivity index (χ3n) is 7.71. The molecule has 2 fully saturated rings. The predicted molar refractivity (Wildman–Crippen MR) is 175 cm³/mol. The van der Waals surface area contributed by atoms with Crippen molar-refractivity contribution in [2.75, 3.05) is 79.5 Å². The Balaban J connectivity index is 1.19. The maximum Gasteiger partial charge on any atom is 0.573 e. The number of anilines is 4. The highest BCUT2D eigenvalue weighted by Crippen LogP contribution is 2.39. The van der Waals surface area contributed by atoms with Crippen LogP contribution in [0.5, 0.6) is 5.75 Å². The lowest BCUT2D eigenvalue weighted by molar-refractivity contribution is -0.274. The maximum absolute atomic E-state index is 12.6. The average Bonchev–Trinajstić information content (AvgIpc) is 3.50. The van der Waals surface area contributed by atoms with E-state index in [1.807, 2.05) is 12.1 Å². The molecule has 47 heavy (non-hydrogen) atoms. The maximum atomic E-state index is 12.6. The van der Waals surface area contributed by atoms with Crippen molar-refractivity contribution in [2.45, 2.75) is 13.3 Å². The van der Waals surface area contributed by atoms with Crippen molar-refractivity contribution >= 4 is 55.9 Å².